The molecule has 0 bridgehead atoms. The first-order valence-electron chi connectivity index (χ1n) is 5.35. The third-order valence-corrected chi connectivity index (χ3v) is 3.61. The van der Waals surface area contributed by atoms with Crippen molar-refractivity contribution in [3.8, 4) is 11.5 Å². The molecule has 2 aromatic carbocycles. The first-order chi connectivity index (χ1) is 9.38. The first-order valence-corrected chi connectivity index (χ1v) is 6.89. The van der Waals surface area contributed by atoms with Crippen molar-refractivity contribution < 1.29 is 9.13 Å². The zero-order chi connectivity index (χ0) is 14.9. The lowest BCUT2D eigenvalue weighted by Gasteiger charge is -2.10. The maximum Gasteiger partial charge on any atom is 0.180 e. The molecule has 3 nitrogen and oxygen atoms in total. The lowest BCUT2D eigenvalue weighted by atomic mass is 10.2. The van der Waals surface area contributed by atoms with E-state index in [1.54, 1.807) is 6.07 Å². The summed E-state index contributed by atoms with van der Waals surface area (Å²) in [7, 11) is 0. The lowest BCUT2D eigenvalue weighted by molar-refractivity contribution is 0.440. The van der Waals surface area contributed by atoms with E-state index in [0.717, 1.165) is 0 Å². The minimum absolute atomic E-state index is 0.0276. The lowest BCUT2D eigenvalue weighted by Crippen LogP contribution is -2.12. The van der Waals surface area contributed by atoms with E-state index in [4.69, 9.17) is 39.1 Å². The van der Waals surface area contributed by atoms with Crippen LogP contribution in [-0.2, 0) is 0 Å². The molecule has 0 radical (unpaired) electrons. The van der Waals surface area contributed by atoms with Crippen molar-refractivity contribution in [1.29, 1.82) is 5.41 Å². The summed E-state index contributed by atoms with van der Waals surface area (Å²) < 4.78 is 19.6. The van der Waals surface area contributed by atoms with Crippen LogP contribution in [0.4, 0.5) is 4.39 Å². The summed E-state index contributed by atoms with van der Waals surface area (Å²) in [6.45, 7) is 0. The van der Waals surface area contributed by atoms with Crippen LogP contribution < -0.4 is 10.5 Å². The number of nitrogens with one attached hydrogen (secondary N) is 1. The summed E-state index contributed by atoms with van der Waals surface area (Å²) in [5.41, 5.74) is 5.59. The molecule has 7 heteroatoms. The average molecular weight is 378 g/mol. The molecule has 0 aliphatic rings. The Labute approximate surface area is 133 Å². The van der Waals surface area contributed by atoms with Gasteiger partial charge in [-0.3, -0.25) is 5.41 Å². The van der Waals surface area contributed by atoms with Crippen molar-refractivity contribution in [2.75, 3.05) is 0 Å². The Balaban J connectivity index is 2.39. The van der Waals surface area contributed by atoms with Gasteiger partial charge in [-0.05, 0) is 46.3 Å². The van der Waals surface area contributed by atoms with Gasteiger partial charge in [0.2, 0.25) is 0 Å². The van der Waals surface area contributed by atoms with E-state index in [-0.39, 0.29) is 21.6 Å². The van der Waals surface area contributed by atoms with E-state index >= 15 is 0 Å². The van der Waals surface area contributed by atoms with E-state index in [9.17, 15) is 4.39 Å². The average Bonchev–Trinajstić information content (AvgIpc) is 2.33. The van der Waals surface area contributed by atoms with Crippen LogP contribution in [0.25, 0.3) is 0 Å². The van der Waals surface area contributed by atoms with E-state index in [0.29, 0.717) is 15.8 Å². The minimum Gasteiger partial charge on any atom is -0.454 e. The van der Waals surface area contributed by atoms with Crippen LogP contribution in [0, 0.1) is 11.2 Å². The first kappa shape index (κ1) is 15.1. The fourth-order valence-electron chi connectivity index (χ4n) is 1.53. The summed E-state index contributed by atoms with van der Waals surface area (Å²) in [6.07, 6.45) is 0. The molecule has 3 N–H and O–H groups in total. The number of nitrogen functional groups attached to an aromatic ring is 1. The highest BCUT2D eigenvalue weighted by molar-refractivity contribution is 9.10. The van der Waals surface area contributed by atoms with Gasteiger partial charge < -0.3 is 10.5 Å². The number of benzene rings is 2. The molecule has 0 saturated carbocycles. The smallest absolute Gasteiger partial charge is 0.180 e. The van der Waals surface area contributed by atoms with Crippen LogP contribution in [0.2, 0.25) is 10.0 Å². The SMILES string of the molecule is N=C(N)c1ccc(Oc2cc(Cl)cc(Cl)c2)c(F)c1Br. The molecule has 0 saturated heterocycles. The molecule has 0 aliphatic heterocycles. The van der Waals surface area contributed by atoms with Gasteiger partial charge in [0.05, 0.1) is 4.47 Å². The molecule has 0 atom stereocenters. The number of ether oxygens (including phenoxy) is 1. The van der Waals surface area contributed by atoms with E-state index in [2.05, 4.69) is 15.9 Å². The van der Waals surface area contributed by atoms with Crippen molar-refractivity contribution in [3.05, 3.63) is 56.2 Å². The Hall–Kier alpha value is -1.30. The number of rotatable bonds is 3. The van der Waals surface area contributed by atoms with Crippen LogP contribution in [-0.4, -0.2) is 5.84 Å². The molecule has 104 valence electrons. The molecule has 0 spiro atoms. The van der Waals surface area contributed by atoms with Crippen LogP contribution in [0.15, 0.2) is 34.8 Å². The molecule has 0 heterocycles. The highest BCUT2D eigenvalue weighted by atomic mass is 79.9. The van der Waals surface area contributed by atoms with Crippen molar-refractivity contribution in [2.45, 2.75) is 0 Å². The zero-order valence-electron chi connectivity index (χ0n) is 9.88. The number of hydrogen-bond donors (Lipinski definition) is 2. The molecule has 0 unspecified atom stereocenters. The Morgan fingerprint density at radius 2 is 1.80 bits per heavy atom. The third kappa shape index (κ3) is 3.23. The molecule has 2 rings (SSSR count). The number of halogens is 4. The third-order valence-electron chi connectivity index (χ3n) is 2.40. The molecular formula is C13H8BrCl2FN2O. The van der Waals surface area contributed by atoms with Gasteiger partial charge in [0.15, 0.2) is 11.6 Å². The summed E-state index contributed by atoms with van der Waals surface area (Å²) in [6, 6.07) is 7.43. The van der Waals surface area contributed by atoms with Crippen LogP contribution in [0.5, 0.6) is 11.5 Å². The van der Waals surface area contributed by atoms with Crippen LogP contribution >= 0.6 is 39.1 Å². The number of amidine groups is 1. The molecule has 0 amide bonds. The molecule has 0 aromatic heterocycles. The second kappa shape index (κ2) is 5.99. The van der Waals surface area contributed by atoms with Gasteiger partial charge in [0.25, 0.3) is 0 Å². The monoisotopic (exact) mass is 376 g/mol. The summed E-state index contributed by atoms with van der Waals surface area (Å²) in [4.78, 5) is 0. The van der Waals surface area contributed by atoms with Gasteiger partial charge in [-0.2, -0.15) is 0 Å². The fraction of sp³-hybridized carbons (Fsp3) is 0. The Morgan fingerprint density at radius 1 is 1.20 bits per heavy atom. The van der Waals surface area contributed by atoms with Crippen molar-refractivity contribution >= 4 is 45.0 Å². The van der Waals surface area contributed by atoms with E-state index in [1.165, 1.54) is 24.3 Å². The second-order valence-electron chi connectivity index (χ2n) is 3.86. The Morgan fingerprint density at radius 3 is 2.35 bits per heavy atom. The maximum absolute atomic E-state index is 14.1. The van der Waals surface area contributed by atoms with Crippen molar-refractivity contribution in [1.82, 2.24) is 0 Å². The van der Waals surface area contributed by atoms with E-state index < -0.39 is 5.82 Å². The Bertz CT molecular complexity index is 674. The summed E-state index contributed by atoms with van der Waals surface area (Å²) >= 11 is 14.7. The van der Waals surface area contributed by atoms with Gasteiger partial charge in [0, 0.05) is 15.6 Å². The second-order valence-corrected chi connectivity index (χ2v) is 5.53. The van der Waals surface area contributed by atoms with E-state index in [1.807, 2.05) is 0 Å². The van der Waals surface area contributed by atoms with Crippen molar-refractivity contribution in [3.63, 3.8) is 0 Å². The molecule has 0 fully saturated rings. The van der Waals surface area contributed by atoms with Gasteiger partial charge in [-0.25, -0.2) is 4.39 Å². The largest absolute Gasteiger partial charge is 0.454 e. The zero-order valence-corrected chi connectivity index (χ0v) is 13.0. The molecule has 2 aromatic rings. The highest BCUT2D eigenvalue weighted by Crippen LogP contribution is 2.33. The fourth-order valence-corrected chi connectivity index (χ4v) is 2.58. The summed E-state index contributed by atoms with van der Waals surface area (Å²) in [5, 5.41) is 8.09. The molecular weight excluding hydrogens is 370 g/mol. The normalized spacial score (nSPS) is 10.4. The number of nitrogens with two attached hydrogens (primary N) is 1. The molecule has 0 aliphatic carbocycles. The number of hydrogen-bond acceptors (Lipinski definition) is 2. The summed E-state index contributed by atoms with van der Waals surface area (Å²) in [5.74, 6) is -0.619. The van der Waals surface area contributed by atoms with Gasteiger partial charge in [0.1, 0.15) is 11.6 Å². The predicted octanol–water partition coefficient (Wildman–Crippen LogP) is 4.97. The molecule has 20 heavy (non-hydrogen) atoms. The quantitative estimate of drug-likeness (QED) is 0.585. The highest BCUT2D eigenvalue weighted by Gasteiger charge is 2.15. The minimum atomic E-state index is -0.659. The standard InChI is InChI=1S/C13H8BrCl2FN2O/c14-11-9(13(18)19)1-2-10(12(11)17)20-8-4-6(15)3-7(16)5-8/h1-5H,(H3,18,19). The van der Waals surface area contributed by atoms with Crippen molar-refractivity contribution in [2.24, 2.45) is 5.73 Å². The maximum atomic E-state index is 14.1. The topological polar surface area (TPSA) is 59.1 Å². The van der Waals surface area contributed by atoms with Gasteiger partial charge in [-0.1, -0.05) is 23.2 Å². The Kier molecular flexibility index (Phi) is 4.52. The van der Waals surface area contributed by atoms with Gasteiger partial charge >= 0.3 is 0 Å². The van der Waals surface area contributed by atoms with Crippen LogP contribution in [0.1, 0.15) is 5.56 Å². The van der Waals surface area contributed by atoms with Gasteiger partial charge in [-0.15, -0.1) is 0 Å². The van der Waals surface area contributed by atoms with Crippen LogP contribution in [0.3, 0.4) is 0 Å². The predicted molar refractivity (Wildman–Crippen MR) is 81.7 cm³/mol.